The number of carbonyl (C=O) groups is 2. The van der Waals surface area contributed by atoms with Crippen LogP contribution in [0.2, 0.25) is 5.02 Å². The highest BCUT2D eigenvalue weighted by Gasteiger charge is 2.45. The van der Waals surface area contributed by atoms with Crippen molar-refractivity contribution < 1.29 is 14.7 Å². The third-order valence-electron chi connectivity index (χ3n) is 6.06. The number of nitrogens with zero attached hydrogens (tertiary/aromatic N) is 2. The van der Waals surface area contributed by atoms with E-state index in [-0.39, 0.29) is 11.3 Å². The van der Waals surface area contributed by atoms with Gasteiger partial charge >= 0.3 is 0 Å². The molecule has 0 aromatic heterocycles. The first-order chi connectivity index (χ1) is 14.8. The lowest BCUT2D eigenvalue weighted by molar-refractivity contribution is -0.140. The summed E-state index contributed by atoms with van der Waals surface area (Å²) in [6, 6.07) is 11.9. The van der Waals surface area contributed by atoms with Gasteiger partial charge in [-0.2, -0.15) is 0 Å². The van der Waals surface area contributed by atoms with E-state index in [1.807, 2.05) is 26.0 Å². The van der Waals surface area contributed by atoms with Gasteiger partial charge in [-0.25, -0.2) is 0 Å². The molecule has 1 saturated heterocycles. The number of Topliss-reactive ketones (excluding diaryl/α,β-unsaturated/α-hetero) is 1. The van der Waals surface area contributed by atoms with Crippen LogP contribution in [0.3, 0.4) is 0 Å². The fourth-order valence-electron chi connectivity index (χ4n) is 3.94. The number of aryl methyl sites for hydroxylation is 2. The number of likely N-dealkylation sites (N-methyl/N-ethyl adjacent to an activating group) is 1. The summed E-state index contributed by atoms with van der Waals surface area (Å²) in [7, 11) is 0. The average Bonchev–Trinajstić information content (AvgIpc) is 3.01. The molecule has 1 N–H and O–H groups in total. The maximum absolute atomic E-state index is 13.1. The zero-order valence-electron chi connectivity index (χ0n) is 18.5. The van der Waals surface area contributed by atoms with Gasteiger partial charge in [0.25, 0.3) is 11.7 Å². The number of aliphatic hydroxyl groups excluding tert-OH is 1. The minimum absolute atomic E-state index is 0.120. The molecule has 0 bridgehead atoms. The van der Waals surface area contributed by atoms with E-state index in [2.05, 4.69) is 18.7 Å². The Hall–Kier alpha value is -2.63. The number of ketones is 1. The second kappa shape index (κ2) is 9.67. The smallest absolute Gasteiger partial charge is 0.295 e. The summed E-state index contributed by atoms with van der Waals surface area (Å²) >= 11 is 6.06. The van der Waals surface area contributed by atoms with Crippen molar-refractivity contribution in [3.8, 4) is 0 Å². The molecule has 5 nitrogen and oxygen atoms in total. The van der Waals surface area contributed by atoms with Gasteiger partial charge in [0, 0.05) is 23.7 Å². The summed E-state index contributed by atoms with van der Waals surface area (Å²) in [5, 5.41) is 11.7. The Balaban J connectivity index is 2.11. The fraction of sp³-hybridized carbons (Fsp3) is 0.360. The lowest BCUT2D eigenvalue weighted by Crippen LogP contribution is -2.38. The number of rotatable bonds is 7. The number of hydrogen-bond donors (Lipinski definition) is 1. The molecule has 0 aliphatic carbocycles. The average molecular weight is 441 g/mol. The quantitative estimate of drug-likeness (QED) is 0.384. The van der Waals surface area contributed by atoms with Crippen molar-refractivity contribution in [3.63, 3.8) is 0 Å². The van der Waals surface area contributed by atoms with Crippen LogP contribution in [0.4, 0.5) is 0 Å². The normalized spacial score (nSPS) is 18.3. The fourth-order valence-corrected chi connectivity index (χ4v) is 4.06. The number of likely N-dealkylation sites (tertiary alicyclic amines) is 1. The zero-order valence-corrected chi connectivity index (χ0v) is 19.2. The topological polar surface area (TPSA) is 60.9 Å². The molecule has 0 spiro atoms. The molecule has 31 heavy (non-hydrogen) atoms. The molecule has 1 aliphatic heterocycles. The Morgan fingerprint density at radius 2 is 1.68 bits per heavy atom. The van der Waals surface area contributed by atoms with Crippen molar-refractivity contribution in [2.75, 3.05) is 26.2 Å². The second-order valence-corrected chi connectivity index (χ2v) is 8.31. The lowest BCUT2D eigenvalue weighted by atomic mass is 9.94. The van der Waals surface area contributed by atoms with Crippen molar-refractivity contribution in [3.05, 3.63) is 75.3 Å². The first-order valence-corrected chi connectivity index (χ1v) is 11.0. The highest BCUT2D eigenvalue weighted by atomic mass is 35.5. The number of carbonyl (C=O) groups excluding carboxylic acids is 2. The van der Waals surface area contributed by atoms with E-state index < -0.39 is 17.7 Å². The Labute approximate surface area is 188 Å². The van der Waals surface area contributed by atoms with Crippen LogP contribution in [-0.2, 0) is 9.59 Å². The maximum Gasteiger partial charge on any atom is 0.295 e. The monoisotopic (exact) mass is 440 g/mol. The SMILES string of the molecule is CCN(CC)CCN1C(=O)C(=O)/C(=C(\O)c2ccc(C)c(C)c2)C1c1ccc(Cl)cc1. The van der Waals surface area contributed by atoms with E-state index >= 15 is 0 Å². The van der Waals surface area contributed by atoms with Crippen LogP contribution in [0.1, 0.15) is 42.1 Å². The van der Waals surface area contributed by atoms with Crippen LogP contribution in [0.5, 0.6) is 0 Å². The van der Waals surface area contributed by atoms with Crippen molar-refractivity contribution in [2.24, 2.45) is 0 Å². The lowest BCUT2D eigenvalue weighted by Gasteiger charge is -2.28. The van der Waals surface area contributed by atoms with Gasteiger partial charge in [-0.1, -0.05) is 49.7 Å². The van der Waals surface area contributed by atoms with Crippen molar-refractivity contribution in [1.29, 1.82) is 0 Å². The zero-order chi connectivity index (χ0) is 22.7. The van der Waals surface area contributed by atoms with Gasteiger partial charge in [-0.05, 0) is 61.8 Å². The number of benzene rings is 2. The Bertz CT molecular complexity index is 1010. The standard InChI is InChI=1S/C25H29ClN2O3/c1-5-27(6-2)13-14-28-22(18-9-11-20(26)12-10-18)21(24(30)25(28)31)23(29)19-8-7-16(3)17(4)15-19/h7-12,15,22,29H,5-6,13-14H2,1-4H3/b23-21-. The van der Waals surface area contributed by atoms with E-state index in [0.717, 1.165) is 29.8 Å². The maximum atomic E-state index is 13.1. The summed E-state index contributed by atoms with van der Waals surface area (Å²) in [5.74, 6) is -1.39. The van der Waals surface area contributed by atoms with Gasteiger partial charge in [-0.3, -0.25) is 9.59 Å². The molecule has 1 aliphatic rings. The minimum Gasteiger partial charge on any atom is -0.507 e. The van der Waals surface area contributed by atoms with Crippen LogP contribution in [0, 0.1) is 13.8 Å². The van der Waals surface area contributed by atoms with Gasteiger partial charge in [0.1, 0.15) is 5.76 Å². The molecule has 6 heteroatoms. The third-order valence-corrected chi connectivity index (χ3v) is 6.31. The largest absolute Gasteiger partial charge is 0.507 e. The molecule has 1 unspecified atom stereocenters. The number of hydrogen-bond acceptors (Lipinski definition) is 4. The first kappa shape index (κ1) is 23.0. The molecule has 2 aromatic rings. The highest BCUT2D eigenvalue weighted by Crippen LogP contribution is 2.39. The molecule has 1 fully saturated rings. The van der Waals surface area contributed by atoms with Gasteiger partial charge in [0.2, 0.25) is 0 Å². The van der Waals surface area contributed by atoms with E-state index in [1.165, 1.54) is 0 Å². The van der Waals surface area contributed by atoms with Crippen molar-refractivity contribution in [2.45, 2.75) is 33.7 Å². The summed E-state index contributed by atoms with van der Waals surface area (Å²) in [6.07, 6.45) is 0. The predicted octanol–water partition coefficient (Wildman–Crippen LogP) is 4.72. The predicted molar refractivity (Wildman–Crippen MR) is 124 cm³/mol. The second-order valence-electron chi connectivity index (χ2n) is 7.87. The van der Waals surface area contributed by atoms with Gasteiger partial charge < -0.3 is 14.9 Å². The molecular weight excluding hydrogens is 412 g/mol. The van der Waals surface area contributed by atoms with Crippen molar-refractivity contribution in [1.82, 2.24) is 9.80 Å². The minimum atomic E-state index is -0.658. The van der Waals surface area contributed by atoms with E-state index in [9.17, 15) is 14.7 Å². The molecule has 1 atom stereocenters. The van der Waals surface area contributed by atoms with Gasteiger partial charge in [0.15, 0.2) is 0 Å². The first-order valence-electron chi connectivity index (χ1n) is 10.6. The number of amides is 1. The van der Waals surface area contributed by atoms with Crippen LogP contribution >= 0.6 is 11.6 Å². The highest BCUT2D eigenvalue weighted by molar-refractivity contribution is 6.46. The van der Waals surface area contributed by atoms with Crippen LogP contribution in [-0.4, -0.2) is 52.8 Å². The number of halogens is 1. The third kappa shape index (κ3) is 4.68. The molecule has 2 aromatic carbocycles. The van der Waals surface area contributed by atoms with Crippen molar-refractivity contribution >= 4 is 29.1 Å². The Morgan fingerprint density at radius 1 is 1.03 bits per heavy atom. The summed E-state index contributed by atoms with van der Waals surface area (Å²) in [4.78, 5) is 29.8. The van der Waals surface area contributed by atoms with E-state index in [1.54, 1.807) is 35.2 Å². The molecule has 3 rings (SSSR count). The molecular formula is C25H29ClN2O3. The van der Waals surface area contributed by atoms with Gasteiger partial charge in [-0.15, -0.1) is 0 Å². The molecule has 1 amide bonds. The summed E-state index contributed by atoms with van der Waals surface area (Å²) < 4.78 is 0. The Kier molecular flexibility index (Phi) is 7.19. The van der Waals surface area contributed by atoms with Crippen LogP contribution in [0.15, 0.2) is 48.0 Å². The molecule has 0 radical (unpaired) electrons. The van der Waals surface area contributed by atoms with Gasteiger partial charge in [0.05, 0.1) is 11.6 Å². The number of aliphatic hydroxyl groups is 1. The summed E-state index contributed by atoms with van der Waals surface area (Å²) in [6.45, 7) is 10.8. The van der Waals surface area contributed by atoms with E-state index in [0.29, 0.717) is 23.7 Å². The van der Waals surface area contributed by atoms with Crippen LogP contribution < -0.4 is 0 Å². The summed E-state index contributed by atoms with van der Waals surface area (Å²) in [5.41, 5.74) is 3.49. The molecule has 1 heterocycles. The van der Waals surface area contributed by atoms with E-state index in [4.69, 9.17) is 11.6 Å². The Morgan fingerprint density at radius 3 is 2.26 bits per heavy atom. The van der Waals surface area contributed by atoms with Crippen LogP contribution in [0.25, 0.3) is 5.76 Å². The molecule has 0 saturated carbocycles. The molecule has 164 valence electrons.